The first-order chi connectivity index (χ1) is 12.7. The van der Waals surface area contributed by atoms with Crippen molar-refractivity contribution in [2.24, 2.45) is 0 Å². The predicted octanol–water partition coefficient (Wildman–Crippen LogP) is 3.30. The number of aromatic nitrogens is 3. The molecule has 1 saturated heterocycles. The third-order valence-corrected chi connectivity index (χ3v) is 4.56. The van der Waals surface area contributed by atoms with Crippen molar-refractivity contribution in [2.45, 2.75) is 26.2 Å². The zero-order valence-electron chi connectivity index (χ0n) is 14.7. The summed E-state index contributed by atoms with van der Waals surface area (Å²) in [7, 11) is 0. The van der Waals surface area contributed by atoms with Gasteiger partial charge in [0.15, 0.2) is 6.23 Å². The van der Waals surface area contributed by atoms with Gasteiger partial charge in [-0.15, -0.1) is 5.10 Å². The summed E-state index contributed by atoms with van der Waals surface area (Å²) in [6.45, 7) is 5.00. The molecule has 0 saturated carbocycles. The van der Waals surface area contributed by atoms with Crippen LogP contribution in [0, 0.1) is 12.7 Å². The van der Waals surface area contributed by atoms with Crippen LogP contribution in [0.5, 0.6) is 0 Å². The van der Waals surface area contributed by atoms with Gasteiger partial charge in [-0.2, -0.15) is 0 Å². The molecule has 6 heteroatoms. The van der Waals surface area contributed by atoms with Crippen molar-refractivity contribution < 1.29 is 9.13 Å². The number of nitrogens with zero attached hydrogens (tertiary/aromatic N) is 4. The second-order valence-corrected chi connectivity index (χ2v) is 6.65. The molecular formula is C20H21FN4O. The van der Waals surface area contributed by atoms with E-state index in [1.165, 1.54) is 23.3 Å². The number of hydrogen-bond acceptors (Lipinski definition) is 4. The Morgan fingerprint density at radius 3 is 2.50 bits per heavy atom. The Bertz CT molecular complexity index is 860. The largest absolute Gasteiger partial charge is 0.356 e. The van der Waals surface area contributed by atoms with E-state index in [2.05, 4.69) is 46.4 Å². The SMILES string of the molecule is Cc1ccc(CN2CCO[C@@H]2c2cn(Cc3ccc(F)cc3)nn2)cc1. The van der Waals surface area contributed by atoms with Gasteiger partial charge < -0.3 is 4.74 Å². The second kappa shape index (κ2) is 7.35. The van der Waals surface area contributed by atoms with E-state index >= 15 is 0 Å². The first kappa shape index (κ1) is 16.9. The Morgan fingerprint density at radius 2 is 1.73 bits per heavy atom. The first-order valence-corrected chi connectivity index (χ1v) is 8.73. The lowest BCUT2D eigenvalue weighted by atomic mass is 10.1. The van der Waals surface area contributed by atoms with Gasteiger partial charge in [-0.1, -0.05) is 47.2 Å². The average molecular weight is 352 g/mol. The summed E-state index contributed by atoms with van der Waals surface area (Å²) in [5, 5.41) is 8.49. The van der Waals surface area contributed by atoms with Gasteiger partial charge in [0.1, 0.15) is 11.5 Å². The molecule has 0 radical (unpaired) electrons. The van der Waals surface area contributed by atoms with E-state index in [0.29, 0.717) is 13.2 Å². The highest BCUT2D eigenvalue weighted by Crippen LogP contribution is 2.27. The van der Waals surface area contributed by atoms with Crippen LogP contribution in [0.4, 0.5) is 4.39 Å². The standard InChI is InChI=1S/C20H21FN4O/c1-15-2-4-16(5-3-15)12-24-10-11-26-20(24)19-14-25(23-22-19)13-17-6-8-18(21)9-7-17/h2-9,14,20H,10-13H2,1H3/t20-/m1/s1. The average Bonchev–Trinajstić information content (AvgIpc) is 3.28. The first-order valence-electron chi connectivity index (χ1n) is 8.73. The van der Waals surface area contributed by atoms with Crippen molar-refractivity contribution in [3.8, 4) is 0 Å². The van der Waals surface area contributed by atoms with Gasteiger partial charge in [0.2, 0.25) is 0 Å². The highest BCUT2D eigenvalue weighted by Gasteiger charge is 2.29. The van der Waals surface area contributed by atoms with Gasteiger partial charge in [0.05, 0.1) is 19.3 Å². The van der Waals surface area contributed by atoms with Gasteiger partial charge in [-0.3, -0.25) is 4.90 Å². The van der Waals surface area contributed by atoms with E-state index in [0.717, 1.165) is 24.3 Å². The Hall–Kier alpha value is -2.57. The van der Waals surface area contributed by atoms with Gasteiger partial charge in [0.25, 0.3) is 0 Å². The molecule has 0 aliphatic carbocycles. The van der Waals surface area contributed by atoms with Crippen LogP contribution in [-0.2, 0) is 17.8 Å². The summed E-state index contributed by atoms with van der Waals surface area (Å²) in [5.74, 6) is -0.237. The van der Waals surface area contributed by atoms with Gasteiger partial charge in [0, 0.05) is 13.1 Å². The molecule has 5 nitrogen and oxygen atoms in total. The molecule has 1 aromatic heterocycles. The van der Waals surface area contributed by atoms with Crippen LogP contribution in [0.2, 0.25) is 0 Å². The van der Waals surface area contributed by atoms with Crippen molar-refractivity contribution in [1.82, 2.24) is 19.9 Å². The number of benzene rings is 2. The van der Waals surface area contributed by atoms with E-state index in [1.54, 1.807) is 16.8 Å². The molecule has 0 N–H and O–H groups in total. The quantitative estimate of drug-likeness (QED) is 0.707. The highest BCUT2D eigenvalue weighted by molar-refractivity contribution is 5.21. The van der Waals surface area contributed by atoms with Crippen LogP contribution in [0.1, 0.15) is 28.6 Å². The molecule has 1 aliphatic rings. The third kappa shape index (κ3) is 3.81. The summed E-state index contributed by atoms with van der Waals surface area (Å²) >= 11 is 0. The van der Waals surface area contributed by atoms with Crippen molar-refractivity contribution in [2.75, 3.05) is 13.2 Å². The Morgan fingerprint density at radius 1 is 1.04 bits per heavy atom. The van der Waals surface area contributed by atoms with E-state index in [-0.39, 0.29) is 12.0 Å². The maximum absolute atomic E-state index is 13.0. The monoisotopic (exact) mass is 352 g/mol. The lowest BCUT2D eigenvalue weighted by molar-refractivity contribution is 0.0252. The molecule has 0 amide bonds. The van der Waals surface area contributed by atoms with E-state index < -0.39 is 0 Å². The highest BCUT2D eigenvalue weighted by atomic mass is 19.1. The van der Waals surface area contributed by atoms with Crippen LogP contribution in [0.25, 0.3) is 0 Å². The van der Waals surface area contributed by atoms with Gasteiger partial charge >= 0.3 is 0 Å². The van der Waals surface area contributed by atoms with E-state index in [4.69, 9.17) is 4.74 Å². The minimum atomic E-state index is -0.237. The normalized spacial score (nSPS) is 17.7. The molecule has 1 atom stereocenters. The molecule has 1 fully saturated rings. The zero-order chi connectivity index (χ0) is 17.9. The van der Waals surface area contributed by atoms with Crippen LogP contribution < -0.4 is 0 Å². The van der Waals surface area contributed by atoms with Crippen LogP contribution in [0.15, 0.2) is 54.7 Å². The maximum atomic E-state index is 13.0. The number of rotatable bonds is 5. The van der Waals surface area contributed by atoms with Gasteiger partial charge in [-0.25, -0.2) is 9.07 Å². The smallest absolute Gasteiger partial charge is 0.157 e. The number of hydrogen-bond donors (Lipinski definition) is 0. The van der Waals surface area contributed by atoms with Crippen LogP contribution in [-0.4, -0.2) is 33.0 Å². The molecule has 134 valence electrons. The number of ether oxygens (including phenoxy) is 1. The molecule has 0 spiro atoms. The van der Waals surface area contributed by atoms with Crippen molar-refractivity contribution >= 4 is 0 Å². The Balaban J connectivity index is 1.45. The molecular weight excluding hydrogens is 331 g/mol. The summed E-state index contributed by atoms with van der Waals surface area (Å²) in [6, 6.07) is 15.0. The molecule has 0 unspecified atom stereocenters. The zero-order valence-corrected chi connectivity index (χ0v) is 14.7. The minimum Gasteiger partial charge on any atom is -0.356 e. The Kier molecular flexibility index (Phi) is 4.77. The van der Waals surface area contributed by atoms with Gasteiger partial charge in [-0.05, 0) is 30.2 Å². The molecule has 0 bridgehead atoms. The van der Waals surface area contributed by atoms with Crippen molar-refractivity contribution in [3.05, 3.63) is 82.9 Å². The fourth-order valence-corrected chi connectivity index (χ4v) is 3.15. The third-order valence-electron chi connectivity index (χ3n) is 4.56. The molecule has 2 heterocycles. The lowest BCUT2D eigenvalue weighted by Crippen LogP contribution is -2.23. The van der Waals surface area contributed by atoms with E-state index in [1.807, 2.05) is 6.20 Å². The fraction of sp³-hybridized carbons (Fsp3) is 0.300. The molecule has 2 aromatic carbocycles. The summed E-state index contributed by atoms with van der Waals surface area (Å²) in [6.07, 6.45) is 1.72. The topological polar surface area (TPSA) is 43.2 Å². The summed E-state index contributed by atoms with van der Waals surface area (Å²) < 4.78 is 20.7. The molecule has 3 aromatic rings. The Labute approximate surface area is 152 Å². The second-order valence-electron chi connectivity index (χ2n) is 6.65. The van der Waals surface area contributed by atoms with Crippen molar-refractivity contribution in [1.29, 1.82) is 0 Å². The predicted molar refractivity (Wildman–Crippen MR) is 95.8 cm³/mol. The number of aryl methyl sites for hydroxylation is 1. The lowest BCUT2D eigenvalue weighted by Gasteiger charge is -2.21. The fourth-order valence-electron chi connectivity index (χ4n) is 3.15. The molecule has 4 rings (SSSR count). The molecule has 1 aliphatic heterocycles. The maximum Gasteiger partial charge on any atom is 0.157 e. The number of halogens is 1. The summed E-state index contributed by atoms with van der Waals surface area (Å²) in [5.41, 5.74) is 4.29. The van der Waals surface area contributed by atoms with Crippen LogP contribution >= 0.6 is 0 Å². The summed E-state index contributed by atoms with van der Waals surface area (Å²) in [4.78, 5) is 2.26. The van der Waals surface area contributed by atoms with Crippen molar-refractivity contribution in [3.63, 3.8) is 0 Å². The van der Waals surface area contributed by atoms with E-state index in [9.17, 15) is 4.39 Å². The molecule has 26 heavy (non-hydrogen) atoms. The minimum absolute atomic E-state index is 0.182. The van der Waals surface area contributed by atoms with Crippen LogP contribution in [0.3, 0.4) is 0 Å².